The van der Waals surface area contributed by atoms with Gasteiger partial charge in [-0.05, 0) is 53.5 Å². The Morgan fingerprint density at radius 2 is 1.64 bits per heavy atom. The highest BCUT2D eigenvalue weighted by Gasteiger charge is 2.23. The minimum atomic E-state index is -3.94. The van der Waals surface area contributed by atoms with E-state index in [-0.39, 0.29) is 16.9 Å². The first kappa shape index (κ1) is 25.1. The maximum atomic E-state index is 12.5. The Kier molecular flexibility index (Phi) is 8.06. The summed E-state index contributed by atoms with van der Waals surface area (Å²) in [6.45, 7) is 0.471. The summed E-state index contributed by atoms with van der Waals surface area (Å²) in [6.07, 6.45) is 7.45. The summed E-state index contributed by atoms with van der Waals surface area (Å²) in [5.41, 5.74) is 7.41. The summed E-state index contributed by atoms with van der Waals surface area (Å²) in [5, 5.41) is 0. The number of Topliss-reactive ketones (excluding diaryl/α,β-unsaturated/α-hetero) is 1. The van der Waals surface area contributed by atoms with Crippen LogP contribution >= 0.6 is 23.5 Å². The Morgan fingerprint density at radius 3 is 2.21 bits per heavy atom. The lowest BCUT2D eigenvalue weighted by atomic mass is 10.0. The third kappa shape index (κ3) is 5.89. The van der Waals surface area contributed by atoms with E-state index < -0.39 is 21.8 Å². The number of hydrogen-bond acceptors (Lipinski definition) is 7. The van der Waals surface area contributed by atoms with Crippen LogP contribution in [-0.2, 0) is 32.1 Å². The van der Waals surface area contributed by atoms with Crippen molar-refractivity contribution in [2.24, 2.45) is 5.73 Å². The molecule has 0 atom stereocenters. The molecule has 2 N–H and O–H groups in total. The molecule has 0 saturated heterocycles. The number of thioether (sulfide) groups is 2. The van der Waals surface area contributed by atoms with Gasteiger partial charge in [-0.2, -0.15) is 8.42 Å². The SMILES string of the molecule is COS(=O)(=O)c1ccccc1Cc1cn(Cc2cc(SC)cc(SC)c2)cc1C(=O)C(N)=O. The molecule has 3 aromatic rings. The minimum absolute atomic E-state index is 0.00927. The summed E-state index contributed by atoms with van der Waals surface area (Å²) < 4.78 is 31.1. The van der Waals surface area contributed by atoms with E-state index in [4.69, 9.17) is 5.73 Å². The molecule has 0 fully saturated rings. The van der Waals surface area contributed by atoms with Gasteiger partial charge in [-0.1, -0.05) is 18.2 Å². The summed E-state index contributed by atoms with van der Waals surface area (Å²) in [7, 11) is -2.85. The predicted molar refractivity (Wildman–Crippen MR) is 131 cm³/mol. The van der Waals surface area contributed by atoms with Crippen LogP contribution < -0.4 is 5.73 Å². The molecule has 1 heterocycles. The van der Waals surface area contributed by atoms with Crippen LogP contribution in [0.5, 0.6) is 0 Å². The summed E-state index contributed by atoms with van der Waals surface area (Å²) >= 11 is 3.28. The van der Waals surface area contributed by atoms with Crippen LogP contribution in [0.4, 0.5) is 0 Å². The van der Waals surface area contributed by atoms with E-state index in [1.54, 1.807) is 54.1 Å². The first-order valence-electron chi connectivity index (χ1n) is 9.81. The second-order valence-corrected chi connectivity index (χ2v) is 10.6. The number of nitrogens with zero attached hydrogens (tertiary/aromatic N) is 1. The third-order valence-electron chi connectivity index (χ3n) is 5.05. The van der Waals surface area contributed by atoms with Gasteiger partial charge in [0.15, 0.2) is 0 Å². The van der Waals surface area contributed by atoms with Gasteiger partial charge in [0.1, 0.15) is 0 Å². The Bertz CT molecular complexity index is 1280. The molecule has 0 spiro atoms. The van der Waals surface area contributed by atoms with E-state index >= 15 is 0 Å². The van der Waals surface area contributed by atoms with E-state index in [0.717, 1.165) is 22.5 Å². The quantitative estimate of drug-likeness (QED) is 0.195. The van der Waals surface area contributed by atoms with Crippen molar-refractivity contribution in [2.45, 2.75) is 27.7 Å². The van der Waals surface area contributed by atoms with Gasteiger partial charge in [-0.25, -0.2) is 0 Å². The molecule has 2 aromatic carbocycles. The third-order valence-corrected chi connectivity index (χ3v) is 7.84. The monoisotopic (exact) mass is 504 g/mol. The lowest BCUT2D eigenvalue weighted by molar-refractivity contribution is -0.114. The summed E-state index contributed by atoms with van der Waals surface area (Å²) in [5.74, 6) is -1.89. The van der Waals surface area contributed by atoms with Crippen LogP contribution in [0.25, 0.3) is 0 Å². The van der Waals surface area contributed by atoms with Gasteiger partial charge in [0.05, 0.1) is 12.0 Å². The zero-order chi connectivity index (χ0) is 24.2. The lowest BCUT2D eigenvalue weighted by Gasteiger charge is -2.09. The zero-order valence-corrected chi connectivity index (χ0v) is 20.9. The molecule has 0 bridgehead atoms. The van der Waals surface area contributed by atoms with Crippen LogP contribution in [0, 0.1) is 0 Å². The van der Waals surface area contributed by atoms with Gasteiger partial charge < -0.3 is 10.3 Å². The van der Waals surface area contributed by atoms with E-state index in [2.05, 4.69) is 22.4 Å². The van der Waals surface area contributed by atoms with Crippen LogP contribution in [0.3, 0.4) is 0 Å². The minimum Gasteiger partial charge on any atom is -0.363 e. The number of benzene rings is 2. The first-order valence-corrected chi connectivity index (χ1v) is 13.7. The second-order valence-electron chi connectivity index (χ2n) is 7.19. The van der Waals surface area contributed by atoms with Crippen LogP contribution in [-0.4, -0.2) is 44.3 Å². The maximum absolute atomic E-state index is 12.5. The van der Waals surface area contributed by atoms with Crippen LogP contribution in [0.2, 0.25) is 0 Å². The fourth-order valence-corrected chi connectivity index (χ4v) is 5.47. The molecule has 0 aliphatic rings. The van der Waals surface area contributed by atoms with Crippen molar-refractivity contribution in [1.29, 1.82) is 0 Å². The van der Waals surface area contributed by atoms with Gasteiger partial charge >= 0.3 is 0 Å². The smallest absolute Gasteiger partial charge is 0.296 e. The molecular weight excluding hydrogens is 480 g/mol. The number of aromatic nitrogens is 1. The molecule has 1 aromatic heterocycles. The van der Waals surface area contributed by atoms with Crippen molar-refractivity contribution in [1.82, 2.24) is 4.57 Å². The zero-order valence-electron chi connectivity index (χ0n) is 18.4. The summed E-state index contributed by atoms with van der Waals surface area (Å²) in [6, 6.07) is 12.6. The normalized spacial score (nSPS) is 11.5. The van der Waals surface area contributed by atoms with Crippen molar-refractivity contribution in [3.63, 3.8) is 0 Å². The van der Waals surface area contributed by atoms with Crippen LogP contribution in [0.1, 0.15) is 27.0 Å². The molecule has 0 saturated carbocycles. The lowest BCUT2D eigenvalue weighted by Crippen LogP contribution is -2.23. The van der Waals surface area contributed by atoms with Crippen molar-refractivity contribution in [2.75, 3.05) is 19.6 Å². The van der Waals surface area contributed by atoms with Crippen molar-refractivity contribution < 1.29 is 22.2 Å². The average Bonchev–Trinajstić information content (AvgIpc) is 3.19. The Labute approximate surface area is 201 Å². The number of carbonyl (C=O) groups excluding carboxylic acids is 2. The molecule has 7 nitrogen and oxygen atoms in total. The molecule has 174 valence electrons. The van der Waals surface area contributed by atoms with Gasteiger partial charge in [0, 0.05) is 40.7 Å². The average molecular weight is 505 g/mol. The highest BCUT2D eigenvalue weighted by molar-refractivity contribution is 7.99. The Morgan fingerprint density at radius 1 is 1.00 bits per heavy atom. The molecule has 1 amide bonds. The van der Waals surface area contributed by atoms with E-state index in [9.17, 15) is 18.0 Å². The summed E-state index contributed by atoms with van der Waals surface area (Å²) in [4.78, 5) is 26.4. The largest absolute Gasteiger partial charge is 0.363 e. The number of nitrogens with two attached hydrogens (primary N) is 1. The number of hydrogen-bond donors (Lipinski definition) is 1. The molecule has 33 heavy (non-hydrogen) atoms. The molecule has 10 heteroatoms. The van der Waals surface area contributed by atoms with Gasteiger partial charge in [-0.3, -0.25) is 13.8 Å². The second kappa shape index (κ2) is 10.6. The van der Waals surface area contributed by atoms with Crippen molar-refractivity contribution >= 4 is 45.3 Å². The molecule has 0 aliphatic carbocycles. The Balaban J connectivity index is 2.04. The van der Waals surface area contributed by atoms with Crippen molar-refractivity contribution in [3.05, 3.63) is 77.1 Å². The highest BCUT2D eigenvalue weighted by atomic mass is 32.2. The highest BCUT2D eigenvalue weighted by Crippen LogP contribution is 2.27. The molecule has 3 rings (SSSR count). The topological polar surface area (TPSA) is 108 Å². The Hall–Kier alpha value is -2.53. The van der Waals surface area contributed by atoms with Gasteiger partial charge in [0.25, 0.3) is 21.8 Å². The van der Waals surface area contributed by atoms with Crippen molar-refractivity contribution in [3.8, 4) is 0 Å². The fraction of sp³-hybridized carbons (Fsp3) is 0.217. The van der Waals surface area contributed by atoms with E-state index in [1.165, 1.54) is 6.07 Å². The van der Waals surface area contributed by atoms with Gasteiger partial charge in [0.2, 0.25) is 0 Å². The predicted octanol–water partition coefficient (Wildman–Crippen LogP) is 3.57. The number of carbonyl (C=O) groups is 2. The number of amides is 1. The molecular formula is C23H24N2O5S3. The number of rotatable bonds is 10. The van der Waals surface area contributed by atoms with Gasteiger partial charge in [-0.15, -0.1) is 23.5 Å². The molecule has 0 radical (unpaired) electrons. The first-order chi connectivity index (χ1) is 15.7. The maximum Gasteiger partial charge on any atom is 0.296 e. The fourth-order valence-electron chi connectivity index (χ4n) is 3.48. The molecule has 0 aliphatic heterocycles. The number of ketones is 1. The van der Waals surface area contributed by atoms with Crippen LogP contribution in [0.15, 0.2) is 69.5 Å². The standard InChI is InChI=1S/C23H24N2O5S3/c1-30-33(28,29)21-7-5-4-6-16(21)10-17-13-25(14-20(17)22(26)23(24)27)12-15-8-18(31-2)11-19(9-15)32-3/h4-9,11,13-14H,10,12H2,1-3H3,(H2,24,27). The number of primary amides is 1. The van der Waals surface area contributed by atoms with E-state index in [0.29, 0.717) is 17.7 Å². The van der Waals surface area contributed by atoms with E-state index in [1.807, 2.05) is 17.1 Å². The molecule has 0 unspecified atom stereocenters.